The van der Waals surface area contributed by atoms with Gasteiger partial charge in [0.25, 0.3) is 0 Å². The largest absolute Gasteiger partial charge is 0.356 e. The topological polar surface area (TPSA) is 108 Å². The average Bonchev–Trinajstić information content (AvgIpc) is 3.50. The molecule has 0 aromatic heterocycles. The highest BCUT2D eigenvalue weighted by atomic mass is 16.2. The van der Waals surface area contributed by atoms with Gasteiger partial charge in [0, 0.05) is 45.4 Å². The van der Waals surface area contributed by atoms with Crippen molar-refractivity contribution in [3.63, 3.8) is 0 Å². The number of nitrogens with zero attached hydrogens (tertiary/aromatic N) is 1. The molecule has 1 aromatic rings. The monoisotopic (exact) mass is 610 g/mol. The molecule has 1 saturated heterocycles. The zero-order valence-electron chi connectivity index (χ0n) is 27.3. The first-order valence-corrected chi connectivity index (χ1v) is 17.6. The van der Waals surface area contributed by atoms with Crippen molar-refractivity contribution >= 4 is 23.6 Å². The minimum atomic E-state index is -0.850. The molecule has 3 N–H and O–H groups in total. The van der Waals surface area contributed by atoms with Gasteiger partial charge in [-0.05, 0) is 56.4 Å². The number of amides is 4. The van der Waals surface area contributed by atoms with Crippen LogP contribution >= 0.6 is 0 Å². The van der Waals surface area contributed by atoms with Crippen LogP contribution in [0.15, 0.2) is 30.3 Å². The lowest BCUT2D eigenvalue weighted by molar-refractivity contribution is -0.148. The van der Waals surface area contributed by atoms with Crippen LogP contribution in [-0.2, 0) is 25.6 Å². The molecule has 246 valence electrons. The highest BCUT2D eigenvalue weighted by Gasteiger charge is 2.48. The number of nitrogens with one attached hydrogen (secondary N) is 3. The second-order valence-corrected chi connectivity index (χ2v) is 13.1. The van der Waals surface area contributed by atoms with Gasteiger partial charge in [-0.1, -0.05) is 95.0 Å². The molecule has 1 unspecified atom stereocenters. The molecular formula is C36H58N4O4. The number of benzene rings is 1. The van der Waals surface area contributed by atoms with E-state index in [4.69, 9.17) is 0 Å². The Bertz CT molecular complexity index is 1010. The second kappa shape index (κ2) is 20.2. The summed E-state index contributed by atoms with van der Waals surface area (Å²) in [6, 6.07) is 10.1. The molecule has 3 rings (SSSR count). The van der Waals surface area contributed by atoms with Gasteiger partial charge in [0.2, 0.25) is 23.6 Å². The molecule has 8 nitrogen and oxygen atoms in total. The quantitative estimate of drug-likeness (QED) is 0.400. The first-order valence-electron chi connectivity index (χ1n) is 17.6. The number of hydrogen-bond donors (Lipinski definition) is 3. The average molecular weight is 611 g/mol. The van der Waals surface area contributed by atoms with Crippen molar-refractivity contribution in [1.82, 2.24) is 20.9 Å². The summed E-state index contributed by atoms with van der Waals surface area (Å²) >= 11 is 0. The molecule has 8 heteroatoms. The summed E-state index contributed by atoms with van der Waals surface area (Å²) in [6.07, 6.45) is 16.4. The van der Waals surface area contributed by atoms with Crippen LogP contribution in [0.1, 0.15) is 128 Å². The van der Waals surface area contributed by atoms with E-state index >= 15 is 0 Å². The molecular weight excluding hydrogens is 552 g/mol. The standard InChI is InChI=1S/C36H58N4O4/c1-30-28-33(42)38-25-16-7-5-3-2-4-6-15-24-37-32(41)20-12-9-17-26-39-35(44)36(22-13-14-23-36)40(34(43)29-30)27-21-31-18-10-8-11-19-31/h8,10-11,18-19,30H,2-7,9,12-17,20-29H2,1H3,(H,37,41)(H,38,42)(H,39,44). The van der Waals surface area contributed by atoms with Crippen LogP contribution in [0.25, 0.3) is 0 Å². The summed E-state index contributed by atoms with van der Waals surface area (Å²) in [5.41, 5.74) is 0.286. The summed E-state index contributed by atoms with van der Waals surface area (Å²) in [6.45, 7) is 4.40. The van der Waals surface area contributed by atoms with Crippen LogP contribution in [0.2, 0.25) is 0 Å². The highest BCUT2D eigenvalue weighted by Crippen LogP contribution is 2.37. The van der Waals surface area contributed by atoms with Gasteiger partial charge in [0.05, 0.1) is 0 Å². The third-order valence-electron chi connectivity index (χ3n) is 9.31. The van der Waals surface area contributed by atoms with Gasteiger partial charge >= 0.3 is 0 Å². The smallest absolute Gasteiger partial charge is 0.245 e. The van der Waals surface area contributed by atoms with Crippen LogP contribution in [0.5, 0.6) is 0 Å². The summed E-state index contributed by atoms with van der Waals surface area (Å²) in [7, 11) is 0. The normalized spacial score (nSPS) is 23.4. The minimum absolute atomic E-state index is 0.00101. The molecule has 4 amide bonds. The van der Waals surface area contributed by atoms with Gasteiger partial charge in [0.15, 0.2) is 0 Å². The first kappa shape index (κ1) is 35.6. The van der Waals surface area contributed by atoms with E-state index in [1.807, 2.05) is 30.0 Å². The Kier molecular flexibility index (Phi) is 16.3. The number of carbonyl (C=O) groups excluding carboxylic acids is 4. The van der Waals surface area contributed by atoms with Crippen molar-refractivity contribution < 1.29 is 19.2 Å². The van der Waals surface area contributed by atoms with Gasteiger partial charge in [-0.2, -0.15) is 0 Å². The number of hydrogen-bond acceptors (Lipinski definition) is 4. The molecule has 1 saturated carbocycles. The maximum Gasteiger partial charge on any atom is 0.245 e. The van der Waals surface area contributed by atoms with Crippen LogP contribution in [0.4, 0.5) is 0 Å². The third-order valence-corrected chi connectivity index (χ3v) is 9.31. The van der Waals surface area contributed by atoms with E-state index in [2.05, 4.69) is 28.1 Å². The van der Waals surface area contributed by atoms with Gasteiger partial charge in [0.1, 0.15) is 5.54 Å². The predicted octanol–water partition coefficient (Wildman–Crippen LogP) is 5.83. The summed E-state index contributed by atoms with van der Waals surface area (Å²) in [5.74, 6) is -0.0919. The lowest BCUT2D eigenvalue weighted by atomic mass is 9.91. The van der Waals surface area contributed by atoms with Crippen molar-refractivity contribution in [2.45, 2.75) is 134 Å². The molecule has 0 bridgehead atoms. The Hall–Kier alpha value is -2.90. The van der Waals surface area contributed by atoms with Crippen LogP contribution in [0.3, 0.4) is 0 Å². The van der Waals surface area contributed by atoms with E-state index in [0.29, 0.717) is 51.7 Å². The summed E-state index contributed by atoms with van der Waals surface area (Å²) in [5, 5.41) is 9.26. The maximum absolute atomic E-state index is 14.0. The van der Waals surface area contributed by atoms with E-state index < -0.39 is 5.54 Å². The van der Waals surface area contributed by atoms with Gasteiger partial charge in [-0.3, -0.25) is 19.2 Å². The fraction of sp³-hybridized carbons (Fsp3) is 0.722. The van der Waals surface area contributed by atoms with Gasteiger partial charge in [-0.15, -0.1) is 0 Å². The van der Waals surface area contributed by atoms with E-state index in [-0.39, 0.29) is 36.0 Å². The van der Waals surface area contributed by atoms with Crippen LogP contribution in [0, 0.1) is 5.92 Å². The van der Waals surface area contributed by atoms with Crippen LogP contribution in [-0.4, -0.2) is 60.2 Å². The van der Waals surface area contributed by atoms with Crippen molar-refractivity contribution in [2.24, 2.45) is 5.92 Å². The fourth-order valence-electron chi connectivity index (χ4n) is 6.72. The molecule has 1 heterocycles. The molecule has 2 fully saturated rings. The number of carbonyl (C=O) groups is 4. The first-order chi connectivity index (χ1) is 21.4. The Labute approximate surface area is 265 Å². The highest BCUT2D eigenvalue weighted by molar-refractivity contribution is 5.92. The molecule has 0 radical (unpaired) electrons. The molecule has 44 heavy (non-hydrogen) atoms. The van der Waals surface area contributed by atoms with E-state index in [1.54, 1.807) is 0 Å². The molecule has 2 aliphatic rings. The second-order valence-electron chi connectivity index (χ2n) is 13.1. The molecule has 1 atom stereocenters. The van der Waals surface area contributed by atoms with Crippen molar-refractivity contribution in [2.75, 3.05) is 26.2 Å². The Morgan fingerprint density at radius 2 is 1.20 bits per heavy atom. The van der Waals surface area contributed by atoms with E-state index in [1.165, 1.54) is 25.7 Å². The fourth-order valence-corrected chi connectivity index (χ4v) is 6.72. The lowest BCUT2D eigenvalue weighted by Crippen LogP contribution is -2.60. The summed E-state index contributed by atoms with van der Waals surface area (Å²) in [4.78, 5) is 54.5. The third kappa shape index (κ3) is 12.6. The predicted molar refractivity (Wildman–Crippen MR) is 176 cm³/mol. The zero-order valence-corrected chi connectivity index (χ0v) is 27.3. The Morgan fingerprint density at radius 1 is 0.659 bits per heavy atom. The Balaban J connectivity index is 1.66. The zero-order chi connectivity index (χ0) is 31.5. The van der Waals surface area contributed by atoms with E-state index in [9.17, 15) is 19.2 Å². The molecule has 1 spiro atoms. The lowest BCUT2D eigenvalue weighted by Gasteiger charge is -2.41. The van der Waals surface area contributed by atoms with Crippen molar-refractivity contribution in [3.8, 4) is 0 Å². The van der Waals surface area contributed by atoms with Crippen molar-refractivity contribution in [3.05, 3.63) is 35.9 Å². The SMILES string of the molecule is CC1CC(=O)NCCCCCCCCCCNC(=O)CCCCCNC(=O)C2(CCCC2)N(CCc2ccccc2)C(=O)C1. The van der Waals surface area contributed by atoms with Gasteiger partial charge < -0.3 is 20.9 Å². The number of rotatable bonds is 3. The minimum Gasteiger partial charge on any atom is -0.356 e. The molecule has 1 aromatic carbocycles. The van der Waals surface area contributed by atoms with E-state index in [0.717, 1.165) is 69.9 Å². The van der Waals surface area contributed by atoms with Crippen LogP contribution < -0.4 is 16.0 Å². The maximum atomic E-state index is 14.0. The van der Waals surface area contributed by atoms with Crippen molar-refractivity contribution in [1.29, 1.82) is 0 Å². The molecule has 1 aliphatic carbocycles. The van der Waals surface area contributed by atoms with Gasteiger partial charge in [-0.25, -0.2) is 0 Å². The summed E-state index contributed by atoms with van der Waals surface area (Å²) < 4.78 is 0. The Morgan fingerprint density at radius 3 is 1.84 bits per heavy atom. The molecule has 1 aliphatic heterocycles.